The molecule has 9 heteroatoms. The quantitative estimate of drug-likeness (QED) is 0.0858. The summed E-state index contributed by atoms with van der Waals surface area (Å²) in [6.07, 6.45) is 11.9. The fourth-order valence-corrected chi connectivity index (χ4v) is 12.4. The number of rotatable bonds is 8. The molecule has 0 N–H and O–H groups in total. The molecule has 2 heterocycles. The number of ketones is 1. The lowest BCUT2D eigenvalue weighted by Gasteiger charge is -2.63. The van der Waals surface area contributed by atoms with E-state index in [0.29, 0.717) is 54.4 Å². The topological polar surface area (TPSA) is 130 Å². The van der Waals surface area contributed by atoms with E-state index in [-0.39, 0.29) is 62.4 Å². The molecule has 0 bridgehead atoms. The third-order valence-corrected chi connectivity index (χ3v) is 15.1. The summed E-state index contributed by atoms with van der Waals surface area (Å²) < 4.78 is 15.7. The highest BCUT2D eigenvalue weighted by Gasteiger charge is 2.64. The van der Waals surface area contributed by atoms with Crippen LogP contribution in [0.1, 0.15) is 151 Å². The molecule has 0 saturated heterocycles. The Hall–Kier alpha value is -4.40. The van der Waals surface area contributed by atoms with Crippen LogP contribution in [-0.2, 0) is 14.3 Å². The van der Waals surface area contributed by atoms with Crippen LogP contribution in [-0.4, -0.2) is 35.6 Å². The van der Waals surface area contributed by atoms with Crippen molar-refractivity contribution in [3.05, 3.63) is 75.9 Å². The van der Waals surface area contributed by atoms with Crippen molar-refractivity contribution in [1.82, 2.24) is 0 Å². The van der Waals surface area contributed by atoms with E-state index >= 15 is 0 Å². The molecule has 2 aromatic carbocycles. The van der Waals surface area contributed by atoms with Crippen LogP contribution in [0.5, 0.6) is 5.75 Å². The number of carbonyl (C=O) groups excluding carboxylic acids is 6. The fraction of sp³-hybridized carbons (Fsp3) is 0.556. The van der Waals surface area contributed by atoms with E-state index in [0.717, 1.165) is 25.7 Å². The molecule has 10 unspecified atom stereocenters. The van der Waals surface area contributed by atoms with Gasteiger partial charge in [0.15, 0.2) is 5.78 Å². The van der Waals surface area contributed by atoms with Crippen LogP contribution in [0, 0.1) is 58.2 Å². The van der Waals surface area contributed by atoms with Gasteiger partial charge in [0.25, 0.3) is 0 Å². The van der Waals surface area contributed by atoms with Gasteiger partial charge in [0, 0.05) is 11.5 Å². The second kappa shape index (κ2) is 13.4. The molecule has 0 aromatic heterocycles. The average Bonchev–Trinajstić information content (AvgIpc) is 3.74. The maximum atomic E-state index is 14.6. The van der Waals surface area contributed by atoms with E-state index in [9.17, 15) is 28.8 Å². The van der Waals surface area contributed by atoms with Gasteiger partial charge in [0.05, 0.1) is 28.2 Å². The van der Waals surface area contributed by atoms with Gasteiger partial charge in [-0.3, -0.25) is 9.59 Å². The zero-order chi connectivity index (χ0) is 38.3. The van der Waals surface area contributed by atoms with E-state index in [1.54, 1.807) is 6.07 Å². The third-order valence-electron chi connectivity index (χ3n) is 15.1. The molecule has 2 aromatic rings. The Morgan fingerprint density at radius 2 is 1.41 bits per heavy atom. The smallest absolute Gasteiger partial charge is 0.347 e. The van der Waals surface area contributed by atoms with E-state index in [4.69, 9.17) is 14.2 Å². The third kappa shape index (κ3) is 5.88. The van der Waals surface area contributed by atoms with Crippen LogP contribution in [0.25, 0.3) is 0 Å². The first-order valence-electron chi connectivity index (χ1n) is 19.9. The molecule has 0 radical (unpaired) electrons. The maximum absolute atomic E-state index is 14.6. The molecule has 8 rings (SSSR count). The van der Waals surface area contributed by atoms with Gasteiger partial charge < -0.3 is 14.2 Å². The lowest BCUT2D eigenvalue weighted by molar-refractivity contribution is -0.169. The Bertz CT molecular complexity index is 2000. The molecule has 284 valence electrons. The minimum absolute atomic E-state index is 0.0841. The largest absolute Gasteiger partial charge is 0.426 e. The zero-order valence-electron chi connectivity index (χ0n) is 31.9. The van der Waals surface area contributed by atoms with Crippen molar-refractivity contribution in [3.63, 3.8) is 0 Å². The van der Waals surface area contributed by atoms with Gasteiger partial charge in [-0.2, -0.15) is 0 Å². The van der Waals surface area contributed by atoms with Crippen molar-refractivity contribution < 1.29 is 43.0 Å². The lowest BCUT2D eigenvalue weighted by atomic mass is 9.41. The van der Waals surface area contributed by atoms with E-state index in [1.165, 1.54) is 55.2 Å². The minimum Gasteiger partial charge on any atom is -0.426 e. The van der Waals surface area contributed by atoms with Crippen LogP contribution >= 0.6 is 0 Å². The molecule has 0 spiro atoms. The summed E-state index contributed by atoms with van der Waals surface area (Å²) in [5, 5.41) is 0. The molecule has 4 fully saturated rings. The molecular weight excluding hydrogens is 684 g/mol. The van der Waals surface area contributed by atoms with Crippen molar-refractivity contribution in [2.45, 2.75) is 98.8 Å². The van der Waals surface area contributed by atoms with E-state index in [2.05, 4.69) is 40.7 Å². The molecule has 2 aliphatic heterocycles. The molecule has 0 amide bonds. The molecule has 4 aliphatic carbocycles. The summed E-state index contributed by atoms with van der Waals surface area (Å²) >= 11 is 0. The second-order valence-electron chi connectivity index (χ2n) is 18.0. The second-order valence-corrected chi connectivity index (χ2v) is 18.0. The number of ether oxygens (including phenoxy) is 3. The number of Topliss-reactive ketones (excluding diaryl/α,β-unsaturated/α-hetero) is 1. The molecule has 10 atom stereocenters. The van der Waals surface area contributed by atoms with Crippen LogP contribution in [0.3, 0.4) is 0 Å². The average molecular weight is 735 g/mol. The summed E-state index contributed by atoms with van der Waals surface area (Å²) in [6.45, 7) is 11.6. The molecule has 6 aliphatic rings. The lowest BCUT2D eigenvalue weighted by Crippen LogP contribution is -2.58. The Balaban J connectivity index is 1.09. The summed E-state index contributed by atoms with van der Waals surface area (Å²) in [6, 6.07) is 8.98. The number of fused-ring (bicyclic) bond motifs is 7. The van der Waals surface area contributed by atoms with Gasteiger partial charge in [0.1, 0.15) is 5.75 Å². The first kappa shape index (κ1) is 36.6. The Labute approximate surface area is 316 Å². The standard InChI is InChI=1S/C45H50O9/c1-23(2)7-6-8-24(3)34-13-14-35-32-22-33(43(51)52-27-10-12-29-31(21-27)42(50)54-40(29)48)37-20-26(15-17-45(37,5)36(32)16-18-44(34,35)4)38(46)25-9-11-28-30(19-25)41(49)53-39(28)47/h7,9-12,19,21,24,26,32-37H,6,8,13-18,20,22H2,1-5H3. The first-order chi connectivity index (χ1) is 25.7. The monoisotopic (exact) mass is 734 g/mol. The maximum Gasteiger partial charge on any atom is 0.347 e. The molecule has 54 heavy (non-hydrogen) atoms. The number of esters is 5. The van der Waals surface area contributed by atoms with Crippen molar-refractivity contribution >= 4 is 35.6 Å². The van der Waals surface area contributed by atoms with Crippen molar-refractivity contribution in [3.8, 4) is 5.75 Å². The van der Waals surface area contributed by atoms with Crippen LogP contribution in [0.15, 0.2) is 48.0 Å². The van der Waals surface area contributed by atoms with Gasteiger partial charge in [-0.05, 0) is 155 Å². The van der Waals surface area contributed by atoms with Crippen LogP contribution < -0.4 is 4.74 Å². The highest BCUT2D eigenvalue weighted by molar-refractivity contribution is 6.16. The van der Waals surface area contributed by atoms with Gasteiger partial charge in [-0.15, -0.1) is 0 Å². The summed E-state index contributed by atoms with van der Waals surface area (Å²) in [4.78, 5) is 77.6. The first-order valence-corrected chi connectivity index (χ1v) is 19.9. The molecular formula is C45H50O9. The summed E-state index contributed by atoms with van der Waals surface area (Å²) in [5.41, 5.74) is 2.24. The normalized spacial score (nSPS) is 34.1. The summed E-state index contributed by atoms with van der Waals surface area (Å²) in [5.74, 6) is -1.66. The predicted octanol–water partition coefficient (Wildman–Crippen LogP) is 8.98. The minimum atomic E-state index is -0.758. The van der Waals surface area contributed by atoms with E-state index in [1.807, 2.05) is 0 Å². The highest BCUT2D eigenvalue weighted by Crippen LogP contribution is 2.70. The zero-order valence-corrected chi connectivity index (χ0v) is 31.9. The Morgan fingerprint density at radius 1 is 0.778 bits per heavy atom. The SMILES string of the molecule is CC(C)=CCCC(C)C1CCC2C3CC(C(=O)Oc4ccc5c(c4)C(=O)OC5=O)C4CC(C(=O)c5ccc6c(c5)C(=O)OC6=O)CCC4(C)C3CCC12C. The van der Waals surface area contributed by atoms with Crippen molar-refractivity contribution in [1.29, 1.82) is 0 Å². The number of hydrogen-bond donors (Lipinski definition) is 0. The molecule has 4 saturated carbocycles. The van der Waals surface area contributed by atoms with Crippen molar-refractivity contribution in [2.75, 3.05) is 0 Å². The Morgan fingerprint density at radius 3 is 2.11 bits per heavy atom. The van der Waals surface area contributed by atoms with Gasteiger partial charge in [0.2, 0.25) is 0 Å². The van der Waals surface area contributed by atoms with Gasteiger partial charge in [-0.1, -0.05) is 38.5 Å². The highest BCUT2D eigenvalue weighted by atomic mass is 16.6. The van der Waals surface area contributed by atoms with Crippen LogP contribution in [0.2, 0.25) is 0 Å². The summed E-state index contributed by atoms with van der Waals surface area (Å²) in [7, 11) is 0. The Kier molecular flexibility index (Phi) is 9.08. The number of allylic oxidation sites excluding steroid dienone is 2. The predicted molar refractivity (Wildman–Crippen MR) is 198 cm³/mol. The number of benzene rings is 2. The fourth-order valence-electron chi connectivity index (χ4n) is 12.4. The number of cyclic esters (lactones) is 4. The molecule has 9 nitrogen and oxygen atoms in total. The van der Waals surface area contributed by atoms with Gasteiger partial charge in [-0.25, -0.2) is 19.2 Å². The number of hydrogen-bond acceptors (Lipinski definition) is 9. The van der Waals surface area contributed by atoms with E-state index < -0.39 is 29.8 Å². The van der Waals surface area contributed by atoms with Crippen LogP contribution in [0.4, 0.5) is 0 Å². The van der Waals surface area contributed by atoms with Gasteiger partial charge >= 0.3 is 29.8 Å². The number of carbonyl (C=O) groups is 6. The van der Waals surface area contributed by atoms with Crippen molar-refractivity contribution in [2.24, 2.45) is 58.2 Å².